The van der Waals surface area contributed by atoms with Crippen LogP contribution in [0.5, 0.6) is 5.75 Å². The van der Waals surface area contributed by atoms with Crippen molar-refractivity contribution < 1.29 is 29.4 Å². The standard InChI is InChI=1S/C30H38N6O6/c1-18(2)12-26(30(41)42)36-28(39)24(14-20-8-10-22(37)11-9-20)35-29(40)25(15-21-16-32-17-33-21)34-27(38)23(31)13-19-6-4-3-5-7-19/h3-11,16-18,23-26,37H,12-15,31H2,1-2H3,(H,32,33)(H,34,38)(H,35,40)(H,36,39)(H,41,42). The Balaban J connectivity index is 1.81. The van der Waals surface area contributed by atoms with Gasteiger partial charge in [0.25, 0.3) is 0 Å². The molecule has 0 aliphatic carbocycles. The number of aromatic hydroxyl groups is 1. The lowest BCUT2D eigenvalue weighted by Crippen LogP contribution is -2.58. The number of nitrogens with two attached hydrogens (primary N) is 1. The molecule has 1 heterocycles. The fourth-order valence-electron chi connectivity index (χ4n) is 4.38. The average Bonchev–Trinajstić information content (AvgIpc) is 3.46. The Morgan fingerprint density at radius 2 is 1.38 bits per heavy atom. The molecule has 4 unspecified atom stereocenters. The minimum Gasteiger partial charge on any atom is -0.508 e. The lowest BCUT2D eigenvalue weighted by Gasteiger charge is -2.25. The molecule has 0 aliphatic rings. The second-order valence-corrected chi connectivity index (χ2v) is 10.6. The number of carbonyl (C=O) groups excluding carboxylic acids is 3. The zero-order chi connectivity index (χ0) is 30.6. The number of hydrogen-bond donors (Lipinski definition) is 7. The number of nitrogens with zero attached hydrogens (tertiary/aromatic N) is 1. The maximum absolute atomic E-state index is 13.6. The summed E-state index contributed by atoms with van der Waals surface area (Å²) in [5.41, 5.74) is 8.19. The minimum absolute atomic E-state index is 0.00408. The van der Waals surface area contributed by atoms with E-state index in [4.69, 9.17) is 5.73 Å². The molecule has 0 fully saturated rings. The number of amides is 3. The van der Waals surface area contributed by atoms with Crippen molar-refractivity contribution in [1.29, 1.82) is 0 Å². The molecule has 4 atom stereocenters. The number of hydrogen-bond acceptors (Lipinski definition) is 7. The van der Waals surface area contributed by atoms with Gasteiger partial charge in [-0.1, -0.05) is 56.3 Å². The molecule has 0 bridgehead atoms. The van der Waals surface area contributed by atoms with Crippen LogP contribution in [0.4, 0.5) is 0 Å². The van der Waals surface area contributed by atoms with Crippen molar-refractivity contribution in [2.24, 2.45) is 11.7 Å². The predicted octanol–water partition coefficient (Wildman–Crippen LogP) is 1.06. The van der Waals surface area contributed by atoms with Crippen molar-refractivity contribution in [3.8, 4) is 5.75 Å². The monoisotopic (exact) mass is 578 g/mol. The van der Waals surface area contributed by atoms with Crippen molar-refractivity contribution >= 4 is 23.7 Å². The van der Waals surface area contributed by atoms with Crippen LogP contribution in [0.1, 0.15) is 37.1 Å². The number of benzene rings is 2. The van der Waals surface area contributed by atoms with E-state index in [0.29, 0.717) is 11.3 Å². The van der Waals surface area contributed by atoms with Crippen molar-refractivity contribution in [2.75, 3.05) is 0 Å². The van der Waals surface area contributed by atoms with Gasteiger partial charge in [-0.2, -0.15) is 0 Å². The first-order valence-corrected chi connectivity index (χ1v) is 13.7. The molecule has 0 radical (unpaired) electrons. The second-order valence-electron chi connectivity index (χ2n) is 10.6. The number of phenolic OH excluding ortho intramolecular Hbond substituents is 1. The van der Waals surface area contributed by atoms with Gasteiger partial charge in [-0.15, -0.1) is 0 Å². The average molecular weight is 579 g/mol. The quantitative estimate of drug-likeness (QED) is 0.139. The smallest absolute Gasteiger partial charge is 0.326 e. The third-order valence-corrected chi connectivity index (χ3v) is 6.58. The van der Waals surface area contributed by atoms with Crippen molar-refractivity contribution in [1.82, 2.24) is 25.9 Å². The first-order chi connectivity index (χ1) is 20.0. The Bertz CT molecular complexity index is 1310. The van der Waals surface area contributed by atoms with E-state index in [1.54, 1.807) is 12.1 Å². The summed E-state index contributed by atoms with van der Waals surface area (Å²) in [6.07, 6.45) is 3.44. The van der Waals surface area contributed by atoms with Gasteiger partial charge in [-0.3, -0.25) is 14.4 Å². The number of aliphatic carboxylic acids is 1. The van der Waals surface area contributed by atoms with Crippen LogP contribution in [0, 0.1) is 5.92 Å². The summed E-state index contributed by atoms with van der Waals surface area (Å²) in [6.45, 7) is 3.67. The van der Waals surface area contributed by atoms with Crippen LogP contribution in [-0.4, -0.2) is 68.0 Å². The van der Waals surface area contributed by atoms with Gasteiger partial charge in [0.1, 0.15) is 23.9 Å². The van der Waals surface area contributed by atoms with Crippen LogP contribution in [0.15, 0.2) is 67.1 Å². The van der Waals surface area contributed by atoms with Gasteiger partial charge in [-0.25, -0.2) is 9.78 Å². The Labute approximate surface area is 244 Å². The van der Waals surface area contributed by atoms with Crippen LogP contribution in [0.25, 0.3) is 0 Å². The third-order valence-electron chi connectivity index (χ3n) is 6.58. The summed E-state index contributed by atoms with van der Waals surface area (Å²) < 4.78 is 0. The van der Waals surface area contributed by atoms with E-state index in [-0.39, 0.29) is 37.4 Å². The molecule has 1 aromatic heterocycles. The van der Waals surface area contributed by atoms with E-state index in [0.717, 1.165) is 5.56 Å². The molecule has 42 heavy (non-hydrogen) atoms. The minimum atomic E-state index is -1.19. The first kappa shape index (κ1) is 31.8. The van der Waals surface area contributed by atoms with Gasteiger partial charge in [0.15, 0.2) is 0 Å². The predicted molar refractivity (Wildman–Crippen MR) is 155 cm³/mol. The van der Waals surface area contributed by atoms with Gasteiger partial charge in [0.2, 0.25) is 17.7 Å². The molecular formula is C30H38N6O6. The summed E-state index contributed by atoms with van der Waals surface area (Å²) >= 11 is 0. The molecule has 2 aromatic carbocycles. The maximum atomic E-state index is 13.6. The van der Waals surface area contributed by atoms with Crippen LogP contribution in [-0.2, 0) is 38.4 Å². The largest absolute Gasteiger partial charge is 0.508 e. The second kappa shape index (κ2) is 15.3. The Morgan fingerprint density at radius 3 is 1.95 bits per heavy atom. The van der Waals surface area contributed by atoms with Crippen molar-refractivity contribution in [3.63, 3.8) is 0 Å². The van der Waals surface area contributed by atoms with Crippen LogP contribution in [0.2, 0.25) is 0 Å². The molecule has 3 amide bonds. The summed E-state index contributed by atoms with van der Waals surface area (Å²) in [5, 5.41) is 27.2. The molecule has 12 nitrogen and oxygen atoms in total. The number of phenols is 1. The Morgan fingerprint density at radius 1 is 0.810 bits per heavy atom. The normalized spacial score (nSPS) is 13.9. The molecule has 0 aliphatic heterocycles. The number of nitrogens with one attached hydrogen (secondary N) is 4. The maximum Gasteiger partial charge on any atom is 0.326 e. The summed E-state index contributed by atoms with van der Waals surface area (Å²) in [6, 6.07) is 10.9. The van der Waals surface area contributed by atoms with E-state index in [1.807, 2.05) is 44.2 Å². The highest BCUT2D eigenvalue weighted by molar-refractivity contribution is 5.94. The first-order valence-electron chi connectivity index (χ1n) is 13.7. The molecule has 3 rings (SSSR count). The number of H-pyrrole nitrogens is 1. The third kappa shape index (κ3) is 10.0. The lowest BCUT2D eigenvalue weighted by molar-refractivity contribution is -0.142. The number of rotatable bonds is 15. The molecule has 8 N–H and O–H groups in total. The highest BCUT2D eigenvalue weighted by Crippen LogP contribution is 2.13. The highest BCUT2D eigenvalue weighted by atomic mass is 16.4. The van der Waals surface area contributed by atoms with Crippen molar-refractivity contribution in [3.05, 3.63) is 83.9 Å². The molecule has 3 aromatic rings. The van der Waals surface area contributed by atoms with E-state index in [2.05, 4.69) is 25.9 Å². The highest BCUT2D eigenvalue weighted by Gasteiger charge is 2.31. The van der Waals surface area contributed by atoms with E-state index >= 15 is 0 Å². The van der Waals surface area contributed by atoms with E-state index in [1.165, 1.54) is 24.7 Å². The zero-order valence-electron chi connectivity index (χ0n) is 23.6. The van der Waals surface area contributed by atoms with Gasteiger partial charge in [0, 0.05) is 24.7 Å². The number of carboxylic acid groups (broad SMARTS) is 1. The van der Waals surface area contributed by atoms with Crippen LogP contribution in [0.3, 0.4) is 0 Å². The van der Waals surface area contributed by atoms with E-state index in [9.17, 15) is 29.4 Å². The van der Waals surface area contributed by atoms with Crippen molar-refractivity contribution in [2.45, 2.75) is 63.7 Å². The number of carboxylic acids is 1. The molecule has 0 saturated heterocycles. The molecule has 12 heteroatoms. The Kier molecular flexibility index (Phi) is 11.6. The van der Waals surface area contributed by atoms with Gasteiger partial charge < -0.3 is 36.9 Å². The van der Waals surface area contributed by atoms with Gasteiger partial charge >= 0.3 is 5.97 Å². The summed E-state index contributed by atoms with van der Waals surface area (Å²) in [7, 11) is 0. The number of imidazole rings is 1. The summed E-state index contributed by atoms with van der Waals surface area (Å²) in [5.74, 6) is -3.09. The summed E-state index contributed by atoms with van der Waals surface area (Å²) in [4.78, 5) is 58.7. The Hall–Kier alpha value is -4.71. The zero-order valence-corrected chi connectivity index (χ0v) is 23.6. The van der Waals surface area contributed by atoms with Gasteiger partial charge in [-0.05, 0) is 42.0 Å². The fraction of sp³-hybridized carbons (Fsp3) is 0.367. The van der Waals surface area contributed by atoms with E-state index < -0.39 is 47.9 Å². The number of carbonyl (C=O) groups is 4. The molecule has 0 saturated carbocycles. The SMILES string of the molecule is CC(C)CC(NC(=O)C(Cc1ccc(O)cc1)NC(=O)C(Cc1cnc[nH]1)NC(=O)C(N)Cc1ccccc1)C(=O)O. The topological polar surface area (TPSA) is 200 Å². The van der Waals surface area contributed by atoms with Crippen LogP contribution < -0.4 is 21.7 Å². The fourth-order valence-corrected chi connectivity index (χ4v) is 4.38. The molecule has 224 valence electrons. The molecular weight excluding hydrogens is 540 g/mol. The number of aromatic amines is 1. The van der Waals surface area contributed by atoms with Crippen LogP contribution >= 0.6 is 0 Å². The van der Waals surface area contributed by atoms with Gasteiger partial charge in [0.05, 0.1) is 12.4 Å². The number of aromatic nitrogens is 2. The molecule has 0 spiro atoms. The lowest BCUT2D eigenvalue weighted by atomic mass is 10.0.